The van der Waals surface area contributed by atoms with Crippen LogP contribution in [0.3, 0.4) is 0 Å². The Labute approximate surface area is 121 Å². The summed E-state index contributed by atoms with van der Waals surface area (Å²) in [5.74, 6) is 6.71. The summed E-state index contributed by atoms with van der Waals surface area (Å²) in [5.41, 5.74) is 0.562. The average molecular weight is 289 g/mol. The van der Waals surface area contributed by atoms with Gasteiger partial charge in [0, 0.05) is 5.38 Å². The molecule has 2 N–H and O–H groups in total. The minimum atomic E-state index is -0.192. The number of furan rings is 1. The average Bonchev–Trinajstić information content (AvgIpc) is 3.05. The fourth-order valence-corrected chi connectivity index (χ4v) is 2.44. The summed E-state index contributed by atoms with van der Waals surface area (Å²) >= 11 is 1.38. The molecule has 2 rings (SSSR count). The van der Waals surface area contributed by atoms with Gasteiger partial charge >= 0.3 is 0 Å². The number of carbonyl (C=O) groups excluding carboxylic acids is 1. The zero-order valence-corrected chi connectivity index (χ0v) is 12.1. The van der Waals surface area contributed by atoms with Gasteiger partial charge in [-0.15, -0.1) is 11.3 Å². The predicted molar refractivity (Wildman–Crippen MR) is 77.6 cm³/mol. The number of carbonyl (C=O) groups is 1. The highest BCUT2D eigenvalue weighted by Gasteiger charge is 2.15. The third-order valence-corrected chi connectivity index (χ3v) is 3.53. The third kappa shape index (κ3) is 3.50. The molecule has 0 spiro atoms. The Morgan fingerprint density at radius 2 is 2.35 bits per heavy atom. The van der Waals surface area contributed by atoms with Gasteiger partial charge in [0.15, 0.2) is 0 Å². The summed E-state index contributed by atoms with van der Waals surface area (Å²) in [5, 5.41) is 13.3. The van der Waals surface area contributed by atoms with Crippen LogP contribution in [0.15, 0.2) is 28.0 Å². The molecule has 0 fully saturated rings. The van der Waals surface area contributed by atoms with Crippen molar-refractivity contribution in [3.8, 4) is 11.8 Å². The molecule has 0 aromatic carbocycles. The Kier molecular flexibility index (Phi) is 4.61. The van der Waals surface area contributed by atoms with Gasteiger partial charge in [-0.25, -0.2) is 0 Å². The first-order valence-corrected chi connectivity index (χ1v) is 7.03. The predicted octanol–water partition coefficient (Wildman–Crippen LogP) is 2.48. The van der Waals surface area contributed by atoms with E-state index in [2.05, 4.69) is 17.2 Å². The number of thiophene rings is 1. The van der Waals surface area contributed by atoms with Crippen molar-refractivity contribution in [2.45, 2.75) is 19.9 Å². The summed E-state index contributed by atoms with van der Waals surface area (Å²) in [7, 11) is 0. The van der Waals surface area contributed by atoms with Crippen LogP contribution in [0.4, 0.5) is 0 Å². The zero-order valence-electron chi connectivity index (χ0n) is 11.3. The van der Waals surface area contributed by atoms with Crippen molar-refractivity contribution in [3.63, 3.8) is 0 Å². The van der Waals surface area contributed by atoms with Gasteiger partial charge in [0.25, 0.3) is 5.91 Å². The number of hydrogen-bond acceptors (Lipinski definition) is 4. The number of nitrogens with one attached hydrogen (secondary N) is 1. The highest BCUT2D eigenvalue weighted by Crippen LogP contribution is 2.18. The summed E-state index contributed by atoms with van der Waals surface area (Å²) in [6, 6.07) is 5.24. The number of amides is 1. The molecule has 0 saturated carbocycles. The van der Waals surface area contributed by atoms with Crippen LogP contribution in [-0.2, 0) is 0 Å². The van der Waals surface area contributed by atoms with Gasteiger partial charge in [-0.3, -0.25) is 4.79 Å². The number of aliphatic hydroxyl groups is 1. The van der Waals surface area contributed by atoms with E-state index in [0.29, 0.717) is 5.56 Å². The van der Waals surface area contributed by atoms with Gasteiger partial charge < -0.3 is 14.8 Å². The maximum Gasteiger partial charge on any atom is 0.252 e. The molecule has 20 heavy (non-hydrogen) atoms. The topological polar surface area (TPSA) is 62.5 Å². The van der Waals surface area contributed by atoms with E-state index < -0.39 is 0 Å². The van der Waals surface area contributed by atoms with Crippen molar-refractivity contribution >= 4 is 17.2 Å². The summed E-state index contributed by atoms with van der Waals surface area (Å²) in [4.78, 5) is 12.8. The largest absolute Gasteiger partial charge is 0.464 e. The van der Waals surface area contributed by atoms with Crippen molar-refractivity contribution in [1.82, 2.24) is 5.32 Å². The molecule has 104 valence electrons. The van der Waals surface area contributed by atoms with Crippen molar-refractivity contribution < 1.29 is 14.3 Å². The molecule has 1 atom stereocenters. The molecule has 0 saturated heterocycles. The summed E-state index contributed by atoms with van der Waals surface area (Å²) in [6.45, 7) is 3.55. The van der Waals surface area contributed by atoms with Gasteiger partial charge in [-0.2, -0.15) is 0 Å². The molecule has 0 aliphatic heterocycles. The minimum Gasteiger partial charge on any atom is -0.464 e. The molecule has 4 nitrogen and oxygen atoms in total. The standard InChI is InChI=1S/C15H15NO3S/c1-10-5-6-14(19-10)11(2)16-15(18)12-8-13(20-9-12)4-3-7-17/h5-6,8-9,11,17H,7H2,1-2H3,(H,16,18). The van der Waals surface area contributed by atoms with Crippen LogP contribution in [0, 0.1) is 18.8 Å². The van der Waals surface area contributed by atoms with E-state index >= 15 is 0 Å². The van der Waals surface area contributed by atoms with Crippen molar-refractivity contribution in [1.29, 1.82) is 0 Å². The molecule has 0 radical (unpaired) electrons. The molecule has 2 heterocycles. The molecule has 0 aliphatic rings. The lowest BCUT2D eigenvalue weighted by molar-refractivity contribution is 0.0935. The van der Waals surface area contributed by atoms with E-state index in [0.717, 1.165) is 16.4 Å². The maximum absolute atomic E-state index is 12.1. The first-order chi connectivity index (χ1) is 9.60. The lowest BCUT2D eigenvalue weighted by Gasteiger charge is -2.10. The molecular formula is C15H15NO3S. The Balaban J connectivity index is 2.02. The Morgan fingerprint density at radius 3 is 3.00 bits per heavy atom. The molecule has 2 aromatic heterocycles. The molecule has 2 aromatic rings. The van der Waals surface area contributed by atoms with Gasteiger partial charge in [-0.1, -0.05) is 11.8 Å². The van der Waals surface area contributed by atoms with Gasteiger partial charge in [0.1, 0.15) is 18.1 Å². The fraction of sp³-hybridized carbons (Fsp3) is 0.267. The lowest BCUT2D eigenvalue weighted by atomic mass is 10.2. The van der Waals surface area contributed by atoms with Crippen LogP contribution in [0.5, 0.6) is 0 Å². The summed E-state index contributed by atoms with van der Waals surface area (Å²) < 4.78 is 5.48. The van der Waals surface area contributed by atoms with Crippen LogP contribution >= 0.6 is 11.3 Å². The van der Waals surface area contributed by atoms with Crippen molar-refractivity contribution in [2.24, 2.45) is 0 Å². The number of aliphatic hydroxyl groups excluding tert-OH is 1. The number of aryl methyl sites for hydroxylation is 1. The van der Waals surface area contributed by atoms with Crippen molar-refractivity contribution in [2.75, 3.05) is 6.61 Å². The quantitative estimate of drug-likeness (QED) is 0.853. The molecule has 5 heteroatoms. The molecule has 0 aliphatic carbocycles. The van der Waals surface area contributed by atoms with Crippen molar-refractivity contribution in [3.05, 3.63) is 45.5 Å². The van der Waals surface area contributed by atoms with E-state index in [1.54, 1.807) is 11.4 Å². The smallest absolute Gasteiger partial charge is 0.252 e. The SMILES string of the molecule is Cc1ccc(C(C)NC(=O)c2csc(C#CCO)c2)o1. The molecular weight excluding hydrogens is 274 g/mol. The zero-order chi connectivity index (χ0) is 14.5. The Morgan fingerprint density at radius 1 is 1.55 bits per heavy atom. The van der Waals surface area contributed by atoms with Crippen LogP contribution in [-0.4, -0.2) is 17.6 Å². The number of rotatable bonds is 3. The lowest BCUT2D eigenvalue weighted by Crippen LogP contribution is -2.25. The van der Waals surface area contributed by atoms with Gasteiger partial charge in [0.05, 0.1) is 16.5 Å². The van der Waals surface area contributed by atoms with Crippen LogP contribution in [0.1, 0.15) is 39.7 Å². The molecule has 1 amide bonds. The minimum absolute atomic E-state index is 0.167. The fourth-order valence-electron chi connectivity index (χ4n) is 1.68. The third-order valence-electron chi connectivity index (χ3n) is 2.69. The second kappa shape index (κ2) is 6.42. The van der Waals surface area contributed by atoms with Gasteiger partial charge in [-0.05, 0) is 32.0 Å². The van der Waals surface area contributed by atoms with Crippen LogP contribution < -0.4 is 5.32 Å². The maximum atomic E-state index is 12.1. The van der Waals surface area contributed by atoms with E-state index in [4.69, 9.17) is 9.52 Å². The molecule has 0 bridgehead atoms. The van der Waals surface area contributed by atoms with Crippen LogP contribution in [0.2, 0.25) is 0 Å². The van der Waals surface area contributed by atoms with E-state index in [-0.39, 0.29) is 18.6 Å². The first-order valence-electron chi connectivity index (χ1n) is 6.15. The summed E-state index contributed by atoms with van der Waals surface area (Å²) in [6.07, 6.45) is 0. The van der Waals surface area contributed by atoms with E-state index in [1.807, 2.05) is 26.0 Å². The number of hydrogen-bond donors (Lipinski definition) is 2. The van der Waals surface area contributed by atoms with Gasteiger partial charge in [0.2, 0.25) is 0 Å². The Bertz CT molecular complexity index is 660. The first kappa shape index (κ1) is 14.4. The highest BCUT2D eigenvalue weighted by atomic mass is 32.1. The second-order valence-corrected chi connectivity index (χ2v) is 5.21. The monoisotopic (exact) mass is 289 g/mol. The Hall–Kier alpha value is -2.03. The van der Waals surface area contributed by atoms with E-state index in [9.17, 15) is 4.79 Å². The highest BCUT2D eigenvalue weighted by molar-refractivity contribution is 7.10. The normalized spacial score (nSPS) is 11.6. The second-order valence-electron chi connectivity index (χ2n) is 4.30. The van der Waals surface area contributed by atoms with Crippen LogP contribution in [0.25, 0.3) is 0 Å². The molecule has 1 unspecified atom stereocenters. The van der Waals surface area contributed by atoms with E-state index in [1.165, 1.54) is 11.3 Å².